The van der Waals surface area contributed by atoms with Crippen LogP contribution in [-0.4, -0.2) is 48.6 Å². The quantitative estimate of drug-likeness (QED) is 0.474. The minimum Gasteiger partial charge on any atom is -0.475 e. The largest absolute Gasteiger partial charge is 0.475 e. The van der Waals surface area contributed by atoms with Gasteiger partial charge in [-0.15, -0.1) is 0 Å². The van der Waals surface area contributed by atoms with Crippen LogP contribution < -0.4 is 10.5 Å². The Kier molecular flexibility index (Phi) is 6.10. The first-order valence-electron chi connectivity index (χ1n) is 7.85. The molecule has 132 valence electrons. The molecule has 0 bridgehead atoms. The summed E-state index contributed by atoms with van der Waals surface area (Å²) in [6, 6.07) is 5.00. The lowest BCUT2D eigenvalue weighted by atomic mass is 9.94. The summed E-state index contributed by atoms with van der Waals surface area (Å²) in [5.41, 5.74) is 6.69. The number of esters is 1. The summed E-state index contributed by atoms with van der Waals surface area (Å²) in [6.45, 7) is 4.12. The maximum atomic E-state index is 11.3. The lowest BCUT2D eigenvalue weighted by Gasteiger charge is -2.35. The van der Waals surface area contributed by atoms with Gasteiger partial charge in [0.1, 0.15) is 0 Å². The highest BCUT2D eigenvalue weighted by atomic mass is 16.6. The van der Waals surface area contributed by atoms with Crippen LogP contribution in [0.15, 0.2) is 18.2 Å². The molecule has 2 atom stereocenters. The van der Waals surface area contributed by atoms with Gasteiger partial charge in [-0.1, -0.05) is 13.0 Å². The van der Waals surface area contributed by atoms with E-state index >= 15 is 0 Å². The zero-order valence-corrected chi connectivity index (χ0v) is 13.9. The fourth-order valence-corrected chi connectivity index (χ4v) is 2.77. The average molecular weight is 337 g/mol. The highest BCUT2D eigenvalue weighted by Crippen LogP contribution is 2.29. The summed E-state index contributed by atoms with van der Waals surface area (Å²) in [7, 11) is 1.23. The fraction of sp³-hybridized carbons (Fsp3) is 0.562. The molecule has 1 aromatic carbocycles. The highest BCUT2D eigenvalue weighted by Gasteiger charge is 2.24. The van der Waals surface area contributed by atoms with Gasteiger partial charge in [0.2, 0.25) is 0 Å². The molecule has 8 heteroatoms. The van der Waals surface area contributed by atoms with Crippen LogP contribution in [0, 0.1) is 16.0 Å². The van der Waals surface area contributed by atoms with E-state index in [1.807, 2.05) is 0 Å². The number of benzene rings is 1. The van der Waals surface area contributed by atoms with Crippen molar-refractivity contribution in [2.75, 3.05) is 26.8 Å². The van der Waals surface area contributed by atoms with Gasteiger partial charge in [0.15, 0.2) is 12.4 Å². The standard InChI is InChI=1S/C16H23N3O5/c1-11-8-18(6-5-13(11)17)9-12-3-4-15(14(7-12)19(21)22)24-10-16(20)23-2/h3-4,7,11,13H,5-6,8-10,17H2,1-2H3. The molecular weight excluding hydrogens is 314 g/mol. The Bertz CT molecular complexity index is 607. The molecule has 1 aliphatic heterocycles. The Morgan fingerprint density at radius 3 is 2.88 bits per heavy atom. The molecule has 0 aromatic heterocycles. The van der Waals surface area contributed by atoms with E-state index in [4.69, 9.17) is 10.5 Å². The minimum atomic E-state index is -0.591. The summed E-state index contributed by atoms with van der Waals surface area (Å²) in [4.78, 5) is 24.1. The number of hydrogen-bond donors (Lipinski definition) is 1. The summed E-state index contributed by atoms with van der Waals surface area (Å²) in [5.74, 6) is -0.133. The zero-order chi connectivity index (χ0) is 17.7. The zero-order valence-electron chi connectivity index (χ0n) is 13.9. The van der Waals surface area contributed by atoms with Crippen LogP contribution in [0.1, 0.15) is 18.9 Å². The topological polar surface area (TPSA) is 108 Å². The first-order chi connectivity index (χ1) is 11.4. The second kappa shape index (κ2) is 8.07. The van der Waals surface area contributed by atoms with E-state index in [2.05, 4.69) is 16.6 Å². The molecule has 0 spiro atoms. The monoisotopic (exact) mass is 337 g/mol. The van der Waals surface area contributed by atoms with Gasteiger partial charge in [0, 0.05) is 25.2 Å². The number of rotatable bonds is 6. The Morgan fingerprint density at radius 2 is 2.25 bits per heavy atom. The van der Waals surface area contributed by atoms with Gasteiger partial charge < -0.3 is 15.2 Å². The number of nitro groups is 1. The first-order valence-corrected chi connectivity index (χ1v) is 7.85. The fourth-order valence-electron chi connectivity index (χ4n) is 2.77. The maximum absolute atomic E-state index is 11.3. The third-order valence-corrected chi connectivity index (χ3v) is 4.26. The molecule has 2 unspecified atom stereocenters. The number of piperidine rings is 1. The van der Waals surface area contributed by atoms with Crippen molar-refractivity contribution in [3.63, 3.8) is 0 Å². The Morgan fingerprint density at radius 1 is 1.50 bits per heavy atom. The molecule has 0 radical (unpaired) electrons. The van der Waals surface area contributed by atoms with E-state index < -0.39 is 10.9 Å². The van der Waals surface area contributed by atoms with Crippen molar-refractivity contribution in [2.45, 2.75) is 25.9 Å². The van der Waals surface area contributed by atoms with E-state index in [0.29, 0.717) is 12.5 Å². The molecule has 2 N–H and O–H groups in total. The van der Waals surface area contributed by atoms with E-state index in [9.17, 15) is 14.9 Å². The van der Waals surface area contributed by atoms with Crippen molar-refractivity contribution in [2.24, 2.45) is 11.7 Å². The molecule has 1 aromatic rings. The van der Waals surface area contributed by atoms with Crippen LogP contribution in [0.5, 0.6) is 5.75 Å². The van der Waals surface area contributed by atoms with Crippen LogP contribution in [0.2, 0.25) is 0 Å². The van der Waals surface area contributed by atoms with E-state index in [1.54, 1.807) is 6.07 Å². The predicted octanol–water partition coefficient (Wildman–Crippen LogP) is 1.32. The number of methoxy groups -OCH3 is 1. The van der Waals surface area contributed by atoms with Gasteiger partial charge in [0.25, 0.3) is 0 Å². The van der Waals surface area contributed by atoms with Crippen molar-refractivity contribution in [3.8, 4) is 5.75 Å². The normalized spacial score (nSPS) is 21.3. The smallest absolute Gasteiger partial charge is 0.343 e. The summed E-state index contributed by atoms with van der Waals surface area (Å²) in [5, 5.41) is 11.3. The Balaban J connectivity index is 2.08. The number of nitro benzene ring substituents is 1. The number of ether oxygens (including phenoxy) is 2. The van der Waals surface area contributed by atoms with E-state index in [-0.39, 0.29) is 24.1 Å². The number of carbonyl (C=O) groups excluding carboxylic acids is 1. The van der Waals surface area contributed by atoms with Crippen LogP contribution in [0.4, 0.5) is 5.69 Å². The lowest BCUT2D eigenvalue weighted by molar-refractivity contribution is -0.385. The highest BCUT2D eigenvalue weighted by molar-refractivity contribution is 5.71. The maximum Gasteiger partial charge on any atom is 0.343 e. The molecule has 1 aliphatic rings. The van der Waals surface area contributed by atoms with Gasteiger partial charge in [-0.05, 0) is 30.5 Å². The summed E-state index contributed by atoms with van der Waals surface area (Å²) < 4.78 is 9.65. The van der Waals surface area contributed by atoms with Crippen molar-refractivity contribution >= 4 is 11.7 Å². The van der Waals surface area contributed by atoms with Crippen molar-refractivity contribution in [1.82, 2.24) is 4.90 Å². The molecule has 8 nitrogen and oxygen atoms in total. The van der Waals surface area contributed by atoms with Gasteiger partial charge in [-0.25, -0.2) is 4.79 Å². The van der Waals surface area contributed by atoms with E-state index in [0.717, 1.165) is 25.1 Å². The predicted molar refractivity (Wildman–Crippen MR) is 87.6 cm³/mol. The number of hydrogen-bond acceptors (Lipinski definition) is 7. The van der Waals surface area contributed by atoms with Crippen molar-refractivity contribution in [3.05, 3.63) is 33.9 Å². The average Bonchev–Trinajstić information content (AvgIpc) is 2.56. The minimum absolute atomic E-state index is 0.0585. The molecule has 0 amide bonds. The number of likely N-dealkylation sites (tertiary alicyclic amines) is 1. The SMILES string of the molecule is COC(=O)COc1ccc(CN2CCC(N)C(C)C2)cc1[N+](=O)[O-]. The Labute approximate surface area is 140 Å². The van der Waals surface area contributed by atoms with Gasteiger partial charge >= 0.3 is 11.7 Å². The molecule has 2 rings (SSSR count). The summed E-state index contributed by atoms with van der Waals surface area (Å²) >= 11 is 0. The molecule has 1 saturated heterocycles. The first kappa shape index (κ1) is 18.2. The molecule has 0 saturated carbocycles. The van der Waals surface area contributed by atoms with Crippen LogP contribution >= 0.6 is 0 Å². The third-order valence-electron chi connectivity index (χ3n) is 4.26. The summed E-state index contributed by atoms with van der Waals surface area (Å²) in [6.07, 6.45) is 0.920. The lowest BCUT2D eigenvalue weighted by Crippen LogP contribution is -2.45. The Hall–Kier alpha value is -2.19. The van der Waals surface area contributed by atoms with Gasteiger partial charge in [0.05, 0.1) is 12.0 Å². The molecule has 1 fully saturated rings. The number of nitrogens with zero attached hydrogens (tertiary/aromatic N) is 2. The molecule has 0 aliphatic carbocycles. The molecular formula is C16H23N3O5. The molecule has 1 heterocycles. The van der Waals surface area contributed by atoms with Crippen molar-refractivity contribution < 1.29 is 19.2 Å². The van der Waals surface area contributed by atoms with E-state index in [1.165, 1.54) is 19.2 Å². The second-order valence-corrected chi connectivity index (χ2v) is 6.09. The molecule has 24 heavy (non-hydrogen) atoms. The van der Waals surface area contributed by atoms with Crippen LogP contribution in [-0.2, 0) is 16.1 Å². The van der Waals surface area contributed by atoms with Crippen LogP contribution in [0.3, 0.4) is 0 Å². The van der Waals surface area contributed by atoms with Crippen molar-refractivity contribution in [1.29, 1.82) is 0 Å². The van der Waals surface area contributed by atoms with Gasteiger partial charge in [-0.3, -0.25) is 15.0 Å². The number of carbonyl (C=O) groups is 1. The third kappa shape index (κ3) is 4.65. The van der Waals surface area contributed by atoms with Gasteiger partial charge in [-0.2, -0.15) is 0 Å². The number of nitrogens with two attached hydrogens (primary N) is 1. The second-order valence-electron chi connectivity index (χ2n) is 6.09. The van der Waals surface area contributed by atoms with Crippen LogP contribution in [0.25, 0.3) is 0 Å².